The molecule has 1 saturated heterocycles. The van der Waals surface area contributed by atoms with E-state index in [0.717, 1.165) is 58.8 Å². The predicted octanol–water partition coefficient (Wildman–Crippen LogP) is 6.45. The molecular formula is C44H43N3O6. The van der Waals surface area contributed by atoms with Crippen molar-refractivity contribution in [2.75, 3.05) is 38.3 Å². The maximum atomic E-state index is 11.8. The van der Waals surface area contributed by atoms with Gasteiger partial charge in [0, 0.05) is 6.42 Å². The Morgan fingerprint density at radius 2 is 1.81 bits per heavy atom. The van der Waals surface area contributed by atoms with Gasteiger partial charge >= 0.3 is 5.78 Å². The van der Waals surface area contributed by atoms with E-state index in [9.17, 15) is 15.0 Å². The van der Waals surface area contributed by atoms with Crippen molar-refractivity contribution >= 4 is 11.6 Å². The van der Waals surface area contributed by atoms with Crippen LogP contribution in [0.1, 0.15) is 58.9 Å². The summed E-state index contributed by atoms with van der Waals surface area (Å²) in [7, 11) is 1.49. The first-order chi connectivity index (χ1) is 25.9. The molecule has 53 heavy (non-hydrogen) atoms. The number of phenols is 2. The van der Waals surface area contributed by atoms with Crippen molar-refractivity contribution in [1.82, 2.24) is 10.3 Å². The molecule has 0 saturated carbocycles. The summed E-state index contributed by atoms with van der Waals surface area (Å²) in [5.41, 5.74) is 6.96. The second-order valence-electron chi connectivity index (χ2n) is 13.8. The number of rotatable bonds is 8. The smallest absolute Gasteiger partial charge is 0.335 e. The van der Waals surface area contributed by atoms with Crippen molar-refractivity contribution in [3.8, 4) is 51.7 Å². The molecule has 9 nitrogen and oxygen atoms in total. The van der Waals surface area contributed by atoms with Crippen LogP contribution in [0.4, 0.5) is 5.82 Å². The van der Waals surface area contributed by atoms with E-state index >= 15 is 0 Å². The summed E-state index contributed by atoms with van der Waals surface area (Å²) in [5.74, 6) is 8.28. The number of aromatic nitrogens is 1. The van der Waals surface area contributed by atoms with Crippen molar-refractivity contribution < 1.29 is 29.2 Å². The molecule has 8 rings (SSSR count). The van der Waals surface area contributed by atoms with Gasteiger partial charge in [0.25, 0.3) is 0 Å². The molecule has 3 aliphatic heterocycles. The first-order valence-electron chi connectivity index (χ1n) is 18.3. The van der Waals surface area contributed by atoms with Crippen molar-refractivity contribution in [1.29, 1.82) is 0 Å². The van der Waals surface area contributed by atoms with Crippen LogP contribution in [0.5, 0.6) is 28.7 Å². The number of ether oxygens (including phenoxy) is 3. The lowest BCUT2D eigenvalue weighted by Gasteiger charge is -2.40. The Bertz CT molecular complexity index is 2200. The fourth-order valence-electron chi connectivity index (χ4n) is 7.64. The first-order valence-corrected chi connectivity index (χ1v) is 18.3. The van der Waals surface area contributed by atoms with E-state index in [0.29, 0.717) is 43.1 Å². The van der Waals surface area contributed by atoms with Crippen LogP contribution in [0.2, 0.25) is 0 Å². The molecule has 3 aliphatic rings. The Morgan fingerprint density at radius 3 is 2.60 bits per heavy atom. The summed E-state index contributed by atoms with van der Waals surface area (Å²) in [6, 6.07) is 27.4. The zero-order valence-corrected chi connectivity index (χ0v) is 29.9. The maximum Gasteiger partial charge on any atom is 0.335 e. The van der Waals surface area contributed by atoms with Crippen LogP contribution < -0.4 is 29.4 Å². The number of nitrogens with one attached hydrogen (secondary N) is 1. The molecule has 0 amide bonds. The number of carbonyl (C=O) groups excluding carboxylic acids is 1. The lowest BCUT2D eigenvalue weighted by Crippen LogP contribution is -2.50. The quantitative estimate of drug-likeness (QED) is 0.124. The van der Waals surface area contributed by atoms with Gasteiger partial charge in [-0.15, -0.1) is 0 Å². The third-order valence-electron chi connectivity index (χ3n) is 10.3. The Balaban J connectivity index is 1.30. The lowest BCUT2D eigenvalue weighted by atomic mass is 9.85. The van der Waals surface area contributed by atoms with Crippen LogP contribution in [0.3, 0.4) is 0 Å². The second-order valence-corrected chi connectivity index (χ2v) is 13.8. The average Bonchev–Trinajstić information content (AvgIpc) is 3.62. The molecule has 3 unspecified atom stereocenters. The molecule has 1 aromatic heterocycles. The number of piperazine rings is 1. The molecule has 9 heteroatoms. The molecule has 4 bridgehead atoms. The SMILES string of the molecule is CCc1cc2c([n-]1)N1CCNC(C#CC(c3c(OCCc4ccccc4)c(OC)c(O)c4c3OC(c3ccc(O)cc3)CC4=[OH+])Cc3cccc-2c3)C1. The van der Waals surface area contributed by atoms with E-state index in [1.54, 1.807) is 24.3 Å². The van der Waals surface area contributed by atoms with Gasteiger partial charge in [-0.3, -0.25) is 4.79 Å². The number of nitrogens with zero attached hydrogens (tertiary/aromatic N) is 2. The van der Waals surface area contributed by atoms with E-state index in [4.69, 9.17) is 19.2 Å². The highest BCUT2D eigenvalue weighted by molar-refractivity contribution is 6.05. The molecule has 1 fully saturated rings. The highest BCUT2D eigenvalue weighted by atomic mass is 16.5. The van der Waals surface area contributed by atoms with Gasteiger partial charge in [-0.1, -0.05) is 103 Å². The van der Waals surface area contributed by atoms with Crippen molar-refractivity contribution in [2.45, 2.75) is 50.7 Å². The van der Waals surface area contributed by atoms with E-state index in [2.05, 4.69) is 59.3 Å². The number of hydrogen-bond acceptors (Lipinski definition) is 7. The summed E-state index contributed by atoms with van der Waals surface area (Å²) < 4.78 is 19.3. The summed E-state index contributed by atoms with van der Waals surface area (Å²) in [6.07, 6.45) is 1.47. The van der Waals surface area contributed by atoms with Crippen LogP contribution in [0.15, 0.2) is 84.9 Å². The largest absolute Gasteiger partial charge is 0.508 e. The van der Waals surface area contributed by atoms with Crippen LogP contribution in [-0.4, -0.2) is 60.2 Å². The van der Waals surface area contributed by atoms with E-state index in [1.807, 2.05) is 30.3 Å². The van der Waals surface area contributed by atoms with Gasteiger partial charge in [0.05, 0.1) is 31.2 Å². The Labute approximate surface area is 309 Å². The van der Waals surface area contributed by atoms with Gasteiger partial charge in [-0.2, -0.15) is 0 Å². The van der Waals surface area contributed by atoms with Crippen molar-refractivity contribution in [3.05, 3.63) is 118 Å². The number of aromatic hydroxyl groups is 2. The number of methoxy groups -OCH3 is 1. The number of benzene rings is 4. The molecule has 0 radical (unpaired) electrons. The van der Waals surface area contributed by atoms with Crippen LogP contribution in [0.25, 0.3) is 11.1 Å². The maximum absolute atomic E-state index is 11.8. The predicted molar refractivity (Wildman–Crippen MR) is 205 cm³/mol. The van der Waals surface area contributed by atoms with E-state index in [-0.39, 0.29) is 41.1 Å². The number of phenolic OH excluding ortho intramolecular Hbond substituents is 2. The molecule has 0 aliphatic carbocycles. The number of aryl methyl sites for hydroxylation is 1. The minimum absolute atomic E-state index is 0.0344. The van der Waals surface area contributed by atoms with Gasteiger partial charge in [0.15, 0.2) is 17.1 Å². The van der Waals surface area contributed by atoms with Crippen LogP contribution in [0, 0.1) is 11.8 Å². The Hall–Kier alpha value is -5.85. The molecule has 3 atom stereocenters. The third-order valence-corrected chi connectivity index (χ3v) is 10.3. The fraction of sp³-hybridized carbons (Fsp3) is 0.295. The Morgan fingerprint density at radius 1 is 0.981 bits per heavy atom. The lowest BCUT2D eigenvalue weighted by molar-refractivity contribution is 0.195. The fourth-order valence-corrected chi connectivity index (χ4v) is 7.64. The monoisotopic (exact) mass is 709 g/mol. The van der Waals surface area contributed by atoms with Crippen molar-refractivity contribution in [3.63, 3.8) is 0 Å². The Kier molecular flexibility index (Phi) is 9.46. The van der Waals surface area contributed by atoms with Crippen molar-refractivity contribution in [2.24, 2.45) is 0 Å². The molecule has 0 spiro atoms. The summed E-state index contributed by atoms with van der Waals surface area (Å²) in [6.45, 7) is 4.67. The number of fused-ring (bicyclic) bond motifs is 8. The molecule has 4 heterocycles. The van der Waals surface area contributed by atoms with E-state index < -0.39 is 12.0 Å². The third kappa shape index (κ3) is 6.78. The molecule has 4 N–H and O–H groups in total. The molecule has 270 valence electrons. The number of anilines is 1. The average molecular weight is 710 g/mol. The highest BCUT2D eigenvalue weighted by Crippen LogP contribution is 2.55. The normalized spacial score (nSPS) is 19.0. The van der Waals surface area contributed by atoms with Crippen LogP contribution >= 0.6 is 0 Å². The number of hydrogen-bond donors (Lipinski definition) is 3. The summed E-state index contributed by atoms with van der Waals surface area (Å²) in [5, 5.41) is 25.4. The molecular weight excluding hydrogens is 666 g/mol. The number of ketones is 1. The molecule has 5 aromatic rings. The van der Waals surface area contributed by atoms with Gasteiger partial charge in [0.2, 0.25) is 5.75 Å². The minimum Gasteiger partial charge on any atom is -0.508 e. The zero-order chi connectivity index (χ0) is 36.5. The molecule has 4 aromatic carbocycles. The topological polar surface area (TPSA) is 119 Å². The van der Waals surface area contributed by atoms with Gasteiger partial charge < -0.3 is 39.6 Å². The van der Waals surface area contributed by atoms with Gasteiger partial charge in [-0.25, -0.2) is 0 Å². The summed E-state index contributed by atoms with van der Waals surface area (Å²) in [4.78, 5) is 19.0. The minimum atomic E-state index is -0.598. The van der Waals surface area contributed by atoms with Gasteiger partial charge in [-0.05, 0) is 72.4 Å². The second kappa shape index (κ2) is 14.6. The van der Waals surface area contributed by atoms with E-state index in [1.165, 1.54) is 7.11 Å². The zero-order valence-electron chi connectivity index (χ0n) is 29.9. The van der Waals surface area contributed by atoms with Gasteiger partial charge in [0.1, 0.15) is 24.0 Å². The first kappa shape index (κ1) is 34.2. The highest BCUT2D eigenvalue weighted by Gasteiger charge is 2.42. The van der Waals surface area contributed by atoms with Crippen LogP contribution in [-0.2, 0) is 19.3 Å². The standard InChI is InChI=1S/C44H42N3O6/c1-3-32-24-35-30-11-7-10-28(22-30)23-31(12-15-33-26-47(20-19-45-33)44(35)46-32)38-41-39(36(49)25-37(53-41)29-13-16-34(48)17-14-29)40(50)43(51-2)42(38)52-21-18-27-8-5-4-6-9-27/h4-11,13-14,16-17,22,24,31,33,37,45,48H,3,18-21,23,25-26H2,1-2H3,(H,49,50)/q-1/p+1. The summed E-state index contributed by atoms with van der Waals surface area (Å²) >= 11 is 0.